The molecule has 0 aliphatic heterocycles. The zero-order valence-electron chi connectivity index (χ0n) is 64.1. The summed E-state index contributed by atoms with van der Waals surface area (Å²) < 4.78 is 0. The monoisotopic (exact) mass is 1500 g/mol. The second kappa shape index (κ2) is 29.3. The van der Waals surface area contributed by atoms with E-state index in [4.69, 9.17) is 33.1 Å². The number of nitrogens with zero attached hydrogens (tertiary/aromatic N) is 6. The van der Waals surface area contributed by atoms with E-state index >= 15 is 0 Å². The van der Waals surface area contributed by atoms with Gasteiger partial charge in [0.25, 0.3) is 0 Å². The lowest BCUT2D eigenvalue weighted by Crippen LogP contribution is -2.28. The van der Waals surface area contributed by atoms with Crippen molar-refractivity contribution >= 4 is 22.1 Å². The van der Waals surface area contributed by atoms with Gasteiger partial charge in [0, 0.05) is 33.4 Å². The molecule has 6 heteroatoms. The average molecular weight is 1500 g/mol. The zero-order valence-corrected chi connectivity index (χ0v) is 64.1. The molecule has 0 radical (unpaired) electrons. The highest BCUT2D eigenvalue weighted by molar-refractivity contribution is 5.99. The molecule has 0 saturated carbocycles. The first-order chi connectivity index (χ1) is 58.4. The lowest BCUT2D eigenvalue weighted by atomic mass is 9.67. The highest BCUT2D eigenvalue weighted by Crippen LogP contribution is 2.64. The Labute approximate surface area is 686 Å². The molecule has 19 aromatic rings. The quantitative estimate of drug-likeness (QED) is 0.114. The van der Waals surface area contributed by atoms with Crippen molar-refractivity contribution in [2.45, 2.75) is 10.8 Å². The van der Waals surface area contributed by atoms with Gasteiger partial charge in [-0.15, -0.1) is 0 Å². The molecule has 0 saturated heterocycles. The van der Waals surface area contributed by atoms with E-state index in [9.17, 15) is 0 Å². The summed E-state index contributed by atoms with van der Waals surface area (Å²) in [5.41, 5.74) is 36.0. The smallest absolute Gasteiger partial charge is 0.187 e. The summed E-state index contributed by atoms with van der Waals surface area (Å²) in [5, 5.41) is 2.29. The Morgan fingerprint density at radius 2 is 0.500 bits per heavy atom. The molecule has 0 unspecified atom stereocenters. The van der Waals surface area contributed by atoms with E-state index in [1.54, 1.807) is 0 Å². The van der Waals surface area contributed by atoms with Crippen LogP contribution in [0.1, 0.15) is 44.5 Å². The molecule has 0 atom stereocenters. The summed E-state index contributed by atoms with van der Waals surface area (Å²) in [6.07, 6.45) is 0. The Kier molecular flexibility index (Phi) is 17.4. The Bertz CT molecular complexity index is 7120. The van der Waals surface area contributed by atoms with Crippen molar-refractivity contribution in [3.63, 3.8) is 0 Å². The third-order valence-electron chi connectivity index (χ3n) is 23.9. The van der Waals surface area contributed by atoms with E-state index in [1.165, 1.54) is 61.2 Å². The van der Waals surface area contributed by atoms with Crippen molar-refractivity contribution in [1.82, 2.24) is 19.9 Å². The number of hydrogen-bond donors (Lipinski definition) is 0. The van der Waals surface area contributed by atoms with Gasteiger partial charge in [0.2, 0.25) is 0 Å². The highest BCUT2D eigenvalue weighted by atomic mass is 14.9. The molecule has 0 amide bonds. The van der Waals surface area contributed by atoms with Gasteiger partial charge in [-0.2, -0.15) is 0 Å². The summed E-state index contributed by atoms with van der Waals surface area (Å²) in [6, 6.07) is 150. The number of benzene rings is 17. The van der Waals surface area contributed by atoms with E-state index in [0.717, 1.165) is 128 Å². The number of aromatic nitrogens is 4. The maximum atomic E-state index is 7.86. The number of hydrogen-bond acceptors (Lipinski definition) is 4. The van der Waals surface area contributed by atoms with Gasteiger partial charge in [0.15, 0.2) is 23.0 Å². The van der Waals surface area contributed by atoms with Crippen molar-refractivity contribution in [3.8, 4) is 146 Å². The van der Waals surface area contributed by atoms with Crippen LogP contribution in [-0.4, -0.2) is 19.9 Å². The van der Waals surface area contributed by atoms with Crippen molar-refractivity contribution < 1.29 is 0 Å². The van der Waals surface area contributed by atoms with Crippen molar-refractivity contribution in [2.24, 2.45) is 0 Å². The zero-order chi connectivity index (χ0) is 78.7. The van der Waals surface area contributed by atoms with Crippen LogP contribution >= 0.6 is 0 Å². The van der Waals surface area contributed by atoms with E-state index in [-0.39, 0.29) is 0 Å². The van der Waals surface area contributed by atoms with Gasteiger partial charge >= 0.3 is 0 Å². The van der Waals surface area contributed by atoms with Crippen LogP contribution in [0.4, 0.5) is 11.4 Å². The third kappa shape index (κ3) is 11.9. The standard InChI is InChI=1S/C58H35N3.C54H35N3/c1-59-44-29-31-53-50(35-44)48-30-28-42(34-54(48)58(53)51-26-9-7-23-46(51)47-24-8-10-27-52(47)58)40-19-11-18-39(32-40)41-20-12-21-43(33-41)56-36-55(38-15-3-2-4-16-38)60-57(61-56)49-25-13-17-37-14-5-6-22-45(37)49;1-55-46-29-31-49-48(35-46)47-30-28-42(34-50(47)54(49,44-24-10-4-11-25-44)45-26-12-5-13-27-45)40-21-14-20-39(32-40)41-22-15-23-43(33-41)52-36-51(37-16-6-2-7-17-37)56-53(57-52)38-18-8-3-9-19-38/h2-36H;2-36H. The van der Waals surface area contributed by atoms with Crippen LogP contribution in [0, 0.1) is 13.1 Å². The van der Waals surface area contributed by atoms with Gasteiger partial charge in [-0.05, 0) is 194 Å². The van der Waals surface area contributed by atoms with E-state index < -0.39 is 10.8 Å². The van der Waals surface area contributed by atoms with E-state index in [2.05, 4.69) is 380 Å². The van der Waals surface area contributed by atoms with Crippen LogP contribution < -0.4 is 0 Å². The van der Waals surface area contributed by atoms with Crippen LogP contribution in [0.5, 0.6) is 0 Å². The molecule has 548 valence electrons. The molecule has 0 N–H and O–H groups in total. The lowest BCUT2D eigenvalue weighted by molar-refractivity contribution is 0.769. The van der Waals surface area contributed by atoms with Crippen molar-refractivity contribution in [3.05, 3.63) is 492 Å². The van der Waals surface area contributed by atoms with Crippen LogP contribution in [0.25, 0.3) is 166 Å². The molecular formula is C112H70N6. The number of rotatable bonds is 12. The predicted octanol–water partition coefficient (Wildman–Crippen LogP) is 28.6. The van der Waals surface area contributed by atoms with Crippen LogP contribution in [-0.2, 0) is 10.8 Å². The average Bonchev–Trinajstić information content (AvgIpc) is 1.51. The molecule has 22 rings (SSSR count). The Hall–Kier alpha value is -15.9. The third-order valence-corrected chi connectivity index (χ3v) is 23.9. The van der Waals surface area contributed by atoms with Gasteiger partial charge in [0.05, 0.1) is 46.7 Å². The minimum atomic E-state index is -0.551. The van der Waals surface area contributed by atoms with Gasteiger partial charge in [0.1, 0.15) is 0 Å². The molecule has 0 bridgehead atoms. The normalized spacial score (nSPS) is 12.5. The SMILES string of the molecule is [C-]#[N+]c1ccc2c(c1)-c1ccc(-c3cccc(-c4cccc(-c5cc(-c6ccccc6)nc(-c6cccc7ccccc67)n5)c4)c3)cc1C21c2ccccc2-c2ccccc21.[C-]#[N+]c1ccc2c(c1)-c1ccc(-c3cccc(-c4cccc(-c5cc(-c6ccccc6)nc(-c6ccccc6)n5)c4)c3)cc1C2(c1ccccc1)c1ccccc1. The largest absolute Gasteiger partial charge is 0.238 e. The Balaban J connectivity index is 0.000000147. The molecule has 6 nitrogen and oxygen atoms in total. The van der Waals surface area contributed by atoms with Gasteiger partial charge < -0.3 is 0 Å². The summed E-state index contributed by atoms with van der Waals surface area (Å²) >= 11 is 0. The fourth-order valence-corrected chi connectivity index (χ4v) is 18.5. The second-order valence-electron chi connectivity index (χ2n) is 30.4. The molecule has 2 aromatic heterocycles. The second-order valence-corrected chi connectivity index (χ2v) is 30.4. The topological polar surface area (TPSA) is 60.3 Å². The highest BCUT2D eigenvalue weighted by Gasteiger charge is 2.52. The van der Waals surface area contributed by atoms with Crippen molar-refractivity contribution in [1.29, 1.82) is 0 Å². The molecule has 0 fully saturated rings. The first kappa shape index (κ1) is 70.0. The summed E-state index contributed by atoms with van der Waals surface area (Å²) in [5.74, 6) is 1.40. The van der Waals surface area contributed by atoms with Gasteiger partial charge in [-0.3, -0.25) is 0 Å². The molecule has 1 spiro atoms. The lowest BCUT2D eigenvalue weighted by Gasteiger charge is -2.34. The van der Waals surface area contributed by atoms with E-state index in [0.29, 0.717) is 23.0 Å². The molecule has 118 heavy (non-hydrogen) atoms. The fraction of sp³-hybridized carbons (Fsp3) is 0.0179. The summed E-state index contributed by atoms with van der Waals surface area (Å²) in [7, 11) is 0. The Morgan fingerprint density at radius 3 is 0.966 bits per heavy atom. The summed E-state index contributed by atoms with van der Waals surface area (Å²) in [4.78, 5) is 28.2. The summed E-state index contributed by atoms with van der Waals surface area (Å²) in [6.45, 7) is 15.7. The predicted molar refractivity (Wildman–Crippen MR) is 482 cm³/mol. The first-order valence-electron chi connectivity index (χ1n) is 39.9. The molecule has 17 aromatic carbocycles. The van der Waals surface area contributed by atoms with Gasteiger partial charge in [-0.25, -0.2) is 29.6 Å². The number of fused-ring (bicyclic) bond motifs is 14. The van der Waals surface area contributed by atoms with E-state index in [1.807, 2.05) is 54.6 Å². The van der Waals surface area contributed by atoms with Crippen LogP contribution in [0.3, 0.4) is 0 Å². The van der Waals surface area contributed by atoms with Crippen molar-refractivity contribution in [2.75, 3.05) is 0 Å². The maximum absolute atomic E-state index is 7.86. The minimum Gasteiger partial charge on any atom is -0.238 e. The van der Waals surface area contributed by atoms with Crippen LogP contribution in [0.2, 0.25) is 0 Å². The first-order valence-corrected chi connectivity index (χ1v) is 39.9. The van der Waals surface area contributed by atoms with Crippen LogP contribution in [0.15, 0.2) is 425 Å². The Morgan fingerprint density at radius 1 is 0.186 bits per heavy atom. The maximum Gasteiger partial charge on any atom is 0.187 e. The fourth-order valence-electron chi connectivity index (χ4n) is 18.5. The molecule has 3 aliphatic carbocycles. The molecule has 3 aliphatic rings. The molecule has 2 heterocycles. The molecular weight excluding hydrogens is 1430 g/mol. The minimum absolute atomic E-state index is 0.485. The van der Waals surface area contributed by atoms with Gasteiger partial charge in [-0.1, -0.05) is 364 Å².